The summed E-state index contributed by atoms with van der Waals surface area (Å²) in [5.74, 6) is 1.21. The molecule has 0 radical (unpaired) electrons. The fourth-order valence-electron chi connectivity index (χ4n) is 3.00. The van der Waals surface area contributed by atoms with Crippen LogP contribution < -0.4 is 5.32 Å². The molecule has 1 heterocycles. The second-order valence-corrected chi connectivity index (χ2v) is 8.58. The molecule has 0 aliphatic heterocycles. The van der Waals surface area contributed by atoms with E-state index in [0.29, 0.717) is 22.1 Å². The summed E-state index contributed by atoms with van der Waals surface area (Å²) in [5.41, 5.74) is 3.09. The lowest BCUT2D eigenvalue weighted by Crippen LogP contribution is -2.12. The summed E-state index contributed by atoms with van der Waals surface area (Å²) in [6.45, 7) is 0. The molecule has 4 rings (SSSR count). The molecule has 156 valence electrons. The number of rotatable bonds is 6. The Morgan fingerprint density at radius 3 is 2.55 bits per heavy atom. The highest BCUT2D eigenvalue weighted by atomic mass is 35.5. The van der Waals surface area contributed by atoms with E-state index in [2.05, 4.69) is 15.5 Å². The zero-order chi connectivity index (χ0) is 21.8. The van der Waals surface area contributed by atoms with Crippen LogP contribution in [0.5, 0.6) is 0 Å². The van der Waals surface area contributed by atoms with Crippen molar-refractivity contribution in [2.24, 2.45) is 7.05 Å². The zero-order valence-corrected chi connectivity index (χ0v) is 18.9. The Balaban J connectivity index is 1.49. The number of anilines is 1. The molecular formula is C23H18Cl2N4OS. The molecule has 1 aromatic heterocycles. The molecule has 0 bridgehead atoms. The standard InChI is InChI=1S/C23H18Cl2N4OS/c1-29-21(27-28-23(29)31-14-15-9-11-17(24)12-10-15)16-5-4-6-18(13-16)26-22(30)19-7-2-3-8-20(19)25/h2-13H,14H2,1H3,(H,26,30). The molecule has 0 aliphatic rings. The number of hydrogen-bond donors (Lipinski definition) is 1. The molecule has 5 nitrogen and oxygen atoms in total. The van der Waals surface area contributed by atoms with Crippen LogP contribution in [0.15, 0.2) is 78.0 Å². The number of carbonyl (C=O) groups is 1. The molecule has 8 heteroatoms. The highest BCUT2D eigenvalue weighted by molar-refractivity contribution is 7.98. The molecule has 31 heavy (non-hydrogen) atoms. The number of halogens is 2. The minimum atomic E-state index is -0.264. The molecular weight excluding hydrogens is 451 g/mol. The van der Waals surface area contributed by atoms with Gasteiger partial charge in [0.1, 0.15) is 0 Å². The van der Waals surface area contributed by atoms with E-state index in [9.17, 15) is 4.79 Å². The number of carbonyl (C=O) groups excluding carboxylic acids is 1. The number of hydrogen-bond acceptors (Lipinski definition) is 4. The molecule has 0 fully saturated rings. The van der Waals surface area contributed by atoms with E-state index < -0.39 is 0 Å². The number of amides is 1. The molecule has 0 saturated heterocycles. The van der Waals surface area contributed by atoms with Crippen molar-refractivity contribution in [1.29, 1.82) is 0 Å². The molecule has 0 aliphatic carbocycles. The van der Waals surface area contributed by atoms with Crippen molar-refractivity contribution in [3.05, 3.63) is 94.0 Å². The van der Waals surface area contributed by atoms with Gasteiger partial charge >= 0.3 is 0 Å². The van der Waals surface area contributed by atoms with Gasteiger partial charge in [-0.2, -0.15) is 0 Å². The quantitative estimate of drug-likeness (QED) is 0.335. The number of thioether (sulfide) groups is 1. The fourth-order valence-corrected chi connectivity index (χ4v) is 4.21. The summed E-state index contributed by atoms with van der Waals surface area (Å²) in [7, 11) is 1.93. The van der Waals surface area contributed by atoms with E-state index >= 15 is 0 Å². The third-order valence-electron chi connectivity index (χ3n) is 4.61. The van der Waals surface area contributed by atoms with Crippen LogP contribution in [0.25, 0.3) is 11.4 Å². The van der Waals surface area contributed by atoms with Crippen molar-refractivity contribution >= 4 is 46.6 Å². The normalized spacial score (nSPS) is 10.8. The summed E-state index contributed by atoms with van der Waals surface area (Å²) in [5, 5.41) is 13.5. The fraction of sp³-hybridized carbons (Fsp3) is 0.0870. The Hall–Kier alpha value is -2.80. The maximum absolute atomic E-state index is 12.6. The van der Waals surface area contributed by atoms with E-state index in [1.165, 1.54) is 0 Å². The van der Waals surface area contributed by atoms with Gasteiger partial charge in [-0.05, 0) is 42.0 Å². The van der Waals surface area contributed by atoms with Crippen molar-refractivity contribution < 1.29 is 4.79 Å². The van der Waals surface area contributed by atoms with Crippen molar-refractivity contribution in [1.82, 2.24) is 14.8 Å². The molecule has 0 saturated carbocycles. The summed E-state index contributed by atoms with van der Waals surface area (Å²) < 4.78 is 1.94. The van der Waals surface area contributed by atoms with Crippen molar-refractivity contribution in [3.8, 4) is 11.4 Å². The predicted octanol–water partition coefficient (Wildman–Crippen LogP) is 6.33. The third kappa shape index (κ3) is 5.10. The van der Waals surface area contributed by atoms with Gasteiger partial charge in [-0.1, -0.05) is 71.4 Å². The van der Waals surface area contributed by atoms with Crippen LogP contribution in [0.4, 0.5) is 5.69 Å². The van der Waals surface area contributed by atoms with Gasteiger partial charge in [-0.15, -0.1) is 10.2 Å². The molecule has 1 amide bonds. The molecule has 1 N–H and O–H groups in total. The van der Waals surface area contributed by atoms with Crippen LogP contribution in [-0.4, -0.2) is 20.7 Å². The van der Waals surface area contributed by atoms with Crippen LogP contribution in [0.2, 0.25) is 10.0 Å². The maximum atomic E-state index is 12.6. The topological polar surface area (TPSA) is 59.8 Å². The molecule has 0 spiro atoms. The SMILES string of the molecule is Cn1c(SCc2ccc(Cl)cc2)nnc1-c1cccc(NC(=O)c2ccccc2Cl)c1. The minimum absolute atomic E-state index is 0.264. The van der Waals surface area contributed by atoms with E-state index in [-0.39, 0.29) is 5.91 Å². The van der Waals surface area contributed by atoms with Crippen molar-refractivity contribution in [3.63, 3.8) is 0 Å². The third-order valence-corrected chi connectivity index (χ3v) is 6.29. The summed E-state index contributed by atoms with van der Waals surface area (Å²) in [6, 6.07) is 22.2. The van der Waals surface area contributed by atoms with Crippen LogP contribution in [-0.2, 0) is 12.8 Å². The first-order valence-electron chi connectivity index (χ1n) is 9.44. The first-order valence-corrected chi connectivity index (χ1v) is 11.2. The minimum Gasteiger partial charge on any atom is -0.322 e. The molecule has 0 unspecified atom stereocenters. The summed E-state index contributed by atoms with van der Waals surface area (Å²) >= 11 is 13.7. The molecule has 4 aromatic rings. The Morgan fingerprint density at radius 1 is 1.00 bits per heavy atom. The lowest BCUT2D eigenvalue weighted by molar-refractivity contribution is 0.102. The highest BCUT2D eigenvalue weighted by Gasteiger charge is 2.14. The number of benzene rings is 3. The van der Waals surface area contributed by atoms with Crippen LogP contribution >= 0.6 is 35.0 Å². The number of nitrogens with one attached hydrogen (secondary N) is 1. The smallest absolute Gasteiger partial charge is 0.257 e. The summed E-state index contributed by atoms with van der Waals surface area (Å²) in [6.07, 6.45) is 0. The van der Waals surface area contributed by atoms with Gasteiger partial charge in [0.25, 0.3) is 5.91 Å². The maximum Gasteiger partial charge on any atom is 0.257 e. The number of aromatic nitrogens is 3. The van der Waals surface area contributed by atoms with Gasteiger partial charge in [-0.25, -0.2) is 0 Å². The Bertz CT molecular complexity index is 1220. The van der Waals surface area contributed by atoms with E-state index in [0.717, 1.165) is 27.1 Å². The van der Waals surface area contributed by atoms with Crippen molar-refractivity contribution in [2.45, 2.75) is 10.9 Å². The van der Waals surface area contributed by atoms with Crippen molar-refractivity contribution in [2.75, 3.05) is 5.32 Å². The predicted molar refractivity (Wildman–Crippen MR) is 127 cm³/mol. The van der Waals surface area contributed by atoms with Crippen LogP contribution in [0.1, 0.15) is 15.9 Å². The largest absolute Gasteiger partial charge is 0.322 e. The van der Waals surface area contributed by atoms with Gasteiger partial charge in [0.2, 0.25) is 0 Å². The van der Waals surface area contributed by atoms with Crippen LogP contribution in [0, 0.1) is 0 Å². The number of nitrogens with zero attached hydrogens (tertiary/aromatic N) is 3. The Morgan fingerprint density at radius 2 is 1.77 bits per heavy atom. The lowest BCUT2D eigenvalue weighted by atomic mass is 10.1. The first kappa shape index (κ1) is 21.4. The average molecular weight is 469 g/mol. The molecule has 3 aromatic carbocycles. The second-order valence-electron chi connectivity index (χ2n) is 6.80. The highest BCUT2D eigenvalue weighted by Crippen LogP contribution is 2.27. The van der Waals surface area contributed by atoms with E-state index in [1.807, 2.05) is 60.1 Å². The Kier molecular flexibility index (Phi) is 6.61. The second kappa shape index (κ2) is 9.56. The van der Waals surface area contributed by atoms with Gasteiger partial charge in [0.15, 0.2) is 11.0 Å². The Labute approximate surface area is 194 Å². The zero-order valence-electron chi connectivity index (χ0n) is 16.5. The monoisotopic (exact) mass is 468 g/mol. The summed E-state index contributed by atoms with van der Waals surface area (Å²) in [4.78, 5) is 12.6. The van der Waals surface area contributed by atoms with Gasteiger partial charge in [-0.3, -0.25) is 4.79 Å². The van der Waals surface area contributed by atoms with Crippen LogP contribution in [0.3, 0.4) is 0 Å². The first-order chi connectivity index (χ1) is 15.0. The average Bonchev–Trinajstić information content (AvgIpc) is 3.14. The van der Waals surface area contributed by atoms with E-state index in [1.54, 1.807) is 36.0 Å². The van der Waals surface area contributed by atoms with Gasteiger partial charge in [0, 0.05) is 29.1 Å². The van der Waals surface area contributed by atoms with E-state index in [4.69, 9.17) is 23.2 Å². The van der Waals surface area contributed by atoms with Gasteiger partial charge < -0.3 is 9.88 Å². The lowest BCUT2D eigenvalue weighted by Gasteiger charge is -2.09. The van der Waals surface area contributed by atoms with Gasteiger partial charge in [0.05, 0.1) is 10.6 Å². The molecule has 0 atom stereocenters.